The van der Waals surface area contributed by atoms with Gasteiger partial charge in [-0.1, -0.05) is 152 Å². The van der Waals surface area contributed by atoms with Crippen molar-refractivity contribution >= 4 is 91.9 Å². The Hall–Kier alpha value is -8.44. The van der Waals surface area contributed by atoms with Gasteiger partial charge in [0, 0.05) is 48.0 Å². The zero-order valence-corrected chi connectivity index (χ0v) is 36.5. The van der Waals surface area contributed by atoms with Crippen molar-refractivity contribution in [1.29, 1.82) is 0 Å². The van der Waals surface area contributed by atoms with E-state index < -0.39 is 0 Å². The van der Waals surface area contributed by atoms with Crippen LogP contribution in [0.2, 0.25) is 0 Å². The van der Waals surface area contributed by atoms with Gasteiger partial charge in [-0.15, -0.1) is 11.3 Å². The lowest BCUT2D eigenvalue weighted by Gasteiger charge is -2.26. The van der Waals surface area contributed by atoms with E-state index in [0.29, 0.717) is 0 Å². The lowest BCUT2D eigenvalue weighted by atomic mass is 9.97. The van der Waals surface area contributed by atoms with E-state index in [9.17, 15) is 0 Å². The summed E-state index contributed by atoms with van der Waals surface area (Å²) in [6.07, 6.45) is 0. The number of hydrogen-bond donors (Lipinski definition) is 0. The Labute approximate surface area is 385 Å². The molecule has 0 unspecified atom stereocenters. The molecule has 2 aromatic heterocycles. The lowest BCUT2D eigenvalue weighted by Crippen LogP contribution is -2.09. The number of hydrogen-bond acceptors (Lipinski definition) is 3. The van der Waals surface area contributed by atoms with E-state index in [-0.39, 0.29) is 0 Å². The van der Waals surface area contributed by atoms with Crippen molar-refractivity contribution in [2.45, 2.75) is 0 Å². The first-order chi connectivity index (χ1) is 32.7. The van der Waals surface area contributed by atoms with E-state index in [1.165, 1.54) is 85.8 Å². The van der Waals surface area contributed by atoms with E-state index in [1.807, 2.05) is 23.5 Å². The fourth-order valence-corrected chi connectivity index (χ4v) is 11.6. The number of ether oxygens (including phenoxy) is 1. The van der Waals surface area contributed by atoms with Crippen LogP contribution in [0.4, 0.5) is 17.1 Å². The Morgan fingerprint density at radius 2 is 0.939 bits per heavy atom. The van der Waals surface area contributed by atoms with E-state index in [4.69, 9.17) is 4.74 Å². The molecule has 0 saturated heterocycles. The molecule has 13 aromatic rings. The summed E-state index contributed by atoms with van der Waals surface area (Å²) in [5.74, 6) is 1.76. The second-order valence-electron chi connectivity index (χ2n) is 17.3. The second kappa shape index (κ2) is 14.5. The molecule has 0 spiro atoms. The van der Waals surface area contributed by atoms with Gasteiger partial charge in [-0.2, -0.15) is 0 Å². The van der Waals surface area contributed by atoms with Crippen LogP contribution in [0.25, 0.3) is 103 Å². The van der Waals surface area contributed by atoms with Crippen molar-refractivity contribution in [3.8, 4) is 50.6 Å². The van der Waals surface area contributed by atoms with E-state index >= 15 is 0 Å². The van der Waals surface area contributed by atoms with Gasteiger partial charge < -0.3 is 14.2 Å². The standard InChI is InChI=1S/C62H38N2OS/c1-2-10-49-41(9-1)19-20-45-37-43(27-35-50(45)49)39-21-29-46(30-22-39)63(48-33-25-42(26-34-48)51-12-7-14-54-52-11-3-6-18-60(52)66-62(51)54)47-31-23-40(24-32-47)44-28-36-56-55(38-44)53-13-8-17-59-61(53)64(56)57-15-4-5-16-58(57)65-59/h1-38H. The number of thiophene rings is 1. The predicted octanol–water partition coefficient (Wildman–Crippen LogP) is 18.0. The van der Waals surface area contributed by atoms with E-state index in [1.54, 1.807) is 0 Å². The lowest BCUT2D eigenvalue weighted by molar-refractivity contribution is 0.476. The second-order valence-corrected chi connectivity index (χ2v) is 18.3. The van der Waals surface area contributed by atoms with Gasteiger partial charge in [0.25, 0.3) is 0 Å². The summed E-state index contributed by atoms with van der Waals surface area (Å²) in [5.41, 5.74) is 13.8. The van der Waals surface area contributed by atoms with Crippen LogP contribution < -0.4 is 9.64 Å². The Morgan fingerprint density at radius 3 is 1.74 bits per heavy atom. The van der Waals surface area contributed by atoms with Crippen LogP contribution in [-0.2, 0) is 0 Å². The molecule has 0 atom stereocenters. The number of nitrogens with zero attached hydrogens (tertiary/aromatic N) is 2. The number of anilines is 3. The molecule has 308 valence electrons. The van der Waals surface area contributed by atoms with Crippen molar-refractivity contribution < 1.29 is 4.74 Å². The van der Waals surface area contributed by atoms with Crippen LogP contribution in [-0.4, -0.2) is 4.57 Å². The molecular weight excluding hydrogens is 821 g/mol. The molecule has 0 amide bonds. The summed E-state index contributed by atoms with van der Waals surface area (Å²) in [6.45, 7) is 0. The third kappa shape index (κ3) is 5.75. The third-order valence-corrected chi connectivity index (χ3v) is 14.8. The molecule has 0 bridgehead atoms. The fraction of sp³-hybridized carbons (Fsp3) is 0. The molecule has 0 saturated carbocycles. The van der Waals surface area contributed by atoms with Crippen molar-refractivity contribution in [1.82, 2.24) is 4.57 Å². The Balaban J connectivity index is 0.850. The predicted molar refractivity (Wildman–Crippen MR) is 280 cm³/mol. The summed E-state index contributed by atoms with van der Waals surface area (Å²) >= 11 is 1.87. The molecule has 3 heterocycles. The summed E-state index contributed by atoms with van der Waals surface area (Å²) < 4.78 is 11.4. The molecular formula is C62H38N2OS. The SMILES string of the molecule is c1ccc2c(c1)Oc1cccc3c4cc(-c5ccc(N(c6ccc(-c7ccc8c(ccc9ccccc98)c7)cc6)c6ccc(-c7cccc8c7sc7ccccc78)cc6)cc5)ccc4n-2c13. The smallest absolute Gasteiger partial charge is 0.152 e. The zero-order valence-electron chi connectivity index (χ0n) is 35.7. The first kappa shape index (κ1) is 37.0. The molecule has 0 fully saturated rings. The molecule has 0 radical (unpaired) electrons. The molecule has 3 nitrogen and oxygen atoms in total. The number of fused-ring (bicyclic) bond motifs is 11. The highest BCUT2D eigenvalue weighted by molar-refractivity contribution is 7.26. The van der Waals surface area contributed by atoms with Crippen molar-refractivity contribution in [2.24, 2.45) is 0 Å². The number of rotatable bonds is 6. The average molecular weight is 859 g/mol. The van der Waals surface area contributed by atoms with Crippen LogP contribution in [0.15, 0.2) is 231 Å². The highest BCUT2D eigenvalue weighted by Crippen LogP contribution is 2.47. The monoisotopic (exact) mass is 858 g/mol. The van der Waals surface area contributed by atoms with Crippen molar-refractivity contribution in [3.05, 3.63) is 231 Å². The number of benzene rings is 11. The normalized spacial score (nSPS) is 12.1. The molecule has 4 heteroatoms. The van der Waals surface area contributed by atoms with Crippen LogP contribution in [0.5, 0.6) is 11.5 Å². The Morgan fingerprint density at radius 1 is 0.364 bits per heavy atom. The van der Waals surface area contributed by atoms with Gasteiger partial charge in [0.2, 0.25) is 0 Å². The van der Waals surface area contributed by atoms with Gasteiger partial charge in [-0.05, 0) is 134 Å². The summed E-state index contributed by atoms with van der Waals surface area (Å²) in [5, 5.41) is 10.1. The van der Waals surface area contributed by atoms with Gasteiger partial charge in [0.1, 0.15) is 0 Å². The maximum Gasteiger partial charge on any atom is 0.152 e. The molecule has 1 aliphatic rings. The topological polar surface area (TPSA) is 17.4 Å². The molecule has 14 rings (SSSR count). The van der Waals surface area contributed by atoms with Gasteiger partial charge >= 0.3 is 0 Å². The quantitative estimate of drug-likeness (QED) is 0.155. The van der Waals surface area contributed by atoms with Gasteiger partial charge in [0.15, 0.2) is 11.5 Å². The summed E-state index contributed by atoms with van der Waals surface area (Å²) in [7, 11) is 0. The minimum absolute atomic E-state index is 0.875. The average Bonchev–Trinajstić information content (AvgIpc) is 3.94. The molecule has 11 aromatic carbocycles. The fourth-order valence-electron chi connectivity index (χ4n) is 10.4. The highest BCUT2D eigenvalue weighted by atomic mass is 32.1. The number of aromatic nitrogens is 1. The molecule has 0 N–H and O–H groups in total. The first-order valence-corrected chi connectivity index (χ1v) is 23.3. The van der Waals surface area contributed by atoms with E-state index in [0.717, 1.165) is 45.3 Å². The Kier molecular flexibility index (Phi) is 8.15. The van der Waals surface area contributed by atoms with Crippen LogP contribution in [0, 0.1) is 0 Å². The van der Waals surface area contributed by atoms with Crippen LogP contribution >= 0.6 is 11.3 Å². The Bertz CT molecular complexity index is 4070. The zero-order chi connectivity index (χ0) is 43.3. The molecule has 0 aliphatic carbocycles. The van der Waals surface area contributed by atoms with Crippen molar-refractivity contribution in [2.75, 3.05) is 4.90 Å². The van der Waals surface area contributed by atoms with Gasteiger partial charge in [-0.3, -0.25) is 0 Å². The minimum atomic E-state index is 0.875. The minimum Gasteiger partial charge on any atom is -0.453 e. The van der Waals surface area contributed by atoms with E-state index in [2.05, 4.69) is 228 Å². The molecule has 66 heavy (non-hydrogen) atoms. The first-order valence-electron chi connectivity index (χ1n) is 22.5. The van der Waals surface area contributed by atoms with Gasteiger partial charge in [-0.25, -0.2) is 0 Å². The van der Waals surface area contributed by atoms with Crippen LogP contribution in [0.3, 0.4) is 0 Å². The largest absolute Gasteiger partial charge is 0.453 e. The van der Waals surface area contributed by atoms with Crippen molar-refractivity contribution in [3.63, 3.8) is 0 Å². The summed E-state index contributed by atoms with van der Waals surface area (Å²) in [6, 6.07) is 84.0. The number of para-hydroxylation sites is 3. The third-order valence-electron chi connectivity index (χ3n) is 13.6. The maximum absolute atomic E-state index is 6.39. The maximum atomic E-state index is 6.39. The summed E-state index contributed by atoms with van der Waals surface area (Å²) in [4.78, 5) is 2.37. The highest BCUT2D eigenvalue weighted by Gasteiger charge is 2.24. The van der Waals surface area contributed by atoms with Crippen LogP contribution in [0.1, 0.15) is 0 Å². The molecule has 1 aliphatic heterocycles. The van der Waals surface area contributed by atoms with Gasteiger partial charge in [0.05, 0.1) is 16.7 Å².